The fourth-order valence-corrected chi connectivity index (χ4v) is 2.03. The molecule has 5 heteroatoms. The van der Waals surface area contributed by atoms with E-state index in [0.29, 0.717) is 6.61 Å². The second kappa shape index (κ2) is 6.02. The first-order valence-corrected chi connectivity index (χ1v) is 6.37. The predicted octanol–water partition coefficient (Wildman–Crippen LogP) is 2.96. The maximum absolute atomic E-state index is 11.7. The Kier molecular flexibility index (Phi) is 4.96. The van der Waals surface area contributed by atoms with Gasteiger partial charge in [0.2, 0.25) is 0 Å². The van der Waals surface area contributed by atoms with Crippen LogP contribution in [0.1, 0.15) is 32.4 Å². The minimum absolute atomic E-state index is 0.166. The molecule has 0 radical (unpaired) electrons. The highest BCUT2D eigenvalue weighted by atomic mass is 32.1. The fraction of sp³-hybridized carbons (Fsp3) is 0.583. The quantitative estimate of drug-likeness (QED) is 0.902. The molecule has 17 heavy (non-hydrogen) atoms. The van der Waals surface area contributed by atoms with Crippen LogP contribution in [-0.4, -0.2) is 25.4 Å². The van der Waals surface area contributed by atoms with E-state index in [1.54, 1.807) is 18.4 Å². The predicted molar refractivity (Wildman–Crippen MR) is 68.3 cm³/mol. The van der Waals surface area contributed by atoms with Gasteiger partial charge in [-0.2, -0.15) is 11.3 Å². The molecule has 1 rings (SSSR count). The summed E-state index contributed by atoms with van der Waals surface area (Å²) in [5.41, 5.74) is 0.541. The van der Waals surface area contributed by atoms with Crippen LogP contribution >= 0.6 is 11.3 Å². The molecule has 4 nitrogen and oxygen atoms in total. The van der Waals surface area contributed by atoms with Crippen molar-refractivity contribution in [1.82, 2.24) is 5.32 Å². The van der Waals surface area contributed by atoms with Crippen molar-refractivity contribution in [1.29, 1.82) is 0 Å². The van der Waals surface area contributed by atoms with E-state index < -0.39 is 11.7 Å². The molecule has 0 bridgehead atoms. The lowest BCUT2D eigenvalue weighted by Crippen LogP contribution is -2.36. The van der Waals surface area contributed by atoms with Crippen molar-refractivity contribution in [3.05, 3.63) is 22.4 Å². The Balaban J connectivity index is 2.59. The Morgan fingerprint density at radius 1 is 1.53 bits per heavy atom. The number of methoxy groups -OCH3 is 1. The van der Waals surface area contributed by atoms with Crippen LogP contribution in [0.5, 0.6) is 0 Å². The van der Waals surface area contributed by atoms with E-state index in [-0.39, 0.29) is 6.04 Å². The summed E-state index contributed by atoms with van der Waals surface area (Å²) in [6, 6.07) is 1.80. The van der Waals surface area contributed by atoms with Gasteiger partial charge in [-0.3, -0.25) is 0 Å². The standard InChI is InChI=1S/C12H19NO3S/c1-12(2,3)16-11(14)13-10(7-15-4)9-5-6-17-8-9/h5-6,8,10H,7H2,1-4H3,(H,13,14). The third-order valence-corrected chi connectivity index (χ3v) is 2.67. The van der Waals surface area contributed by atoms with Gasteiger partial charge in [-0.15, -0.1) is 0 Å². The molecule has 1 aromatic rings. The number of hydrogen-bond acceptors (Lipinski definition) is 4. The molecule has 0 aromatic carbocycles. The van der Waals surface area contributed by atoms with Gasteiger partial charge in [0.15, 0.2) is 0 Å². The van der Waals surface area contributed by atoms with Crippen LogP contribution in [0.15, 0.2) is 16.8 Å². The topological polar surface area (TPSA) is 47.6 Å². The van der Waals surface area contributed by atoms with Crippen LogP contribution in [0, 0.1) is 0 Å². The monoisotopic (exact) mass is 257 g/mol. The average Bonchev–Trinajstić information content (AvgIpc) is 2.66. The van der Waals surface area contributed by atoms with Gasteiger partial charge in [0.05, 0.1) is 12.6 Å². The highest BCUT2D eigenvalue weighted by molar-refractivity contribution is 7.07. The third kappa shape index (κ3) is 5.19. The summed E-state index contributed by atoms with van der Waals surface area (Å²) in [6.07, 6.45) is -0.425. The Morgan fingerprint density at radius 3 is 2.71 bits per heavy atom. The van der Waals surface area contributed by atoms with Crippen molar-refractivity contribution in [3.63, 3.8) is 0 Å². The lowest BCUT2D eigenvalue weighted by molar-refractivity contribution is 0.0468. The van der Waals surface area contributed by atoms with Gasteiger partial charge >= 0.3 is 6.09 Å². The number of carbonyl (C=O) groups excluding carboxylic acids is 1. The second-order valence-electron chi connectivity index (χ2n) is 4.71. The van der Waals surface area contributed by atoms with Crippen LogP contribution in [-0.2, 0) is 9.47 Å². The van der Waals surface area contributed by atoms with E-state index in [9.17, 15) is 4.79 Å². The number of alkyl carbamates (subject to hydrolysis) is 1. The maximum Gasteiger partial charge on any atom is 0.408 e. The molecule has 0 aliphatic heterocycles. The smallest absolute Gasteiger partial charge is 0.408 e. The van der Waals surface area contributed by atoms with Crippen molar-refractivity contribution in [3.8, 4) is 0 Å². The normalized spacial score (nSPS) is 13.2. The molecule has 0 saturated heterocycles. The number of thiophene rings is 1. The minimum Gasteiger partial charge on any atom is -0.444 e. The van der Waals surface area contributed by atoms with E-state index in [1.807, 2.05) is 37.6 Å². The zero-order chi connectivity index (χ0) is 12.9. The first-order chi connectivity index (χ1) is 7.92. The second-order valence-corrected chi connectivity index (χ2v) is 5.49. The molecule has 0 aliphatic rings. The summed E-state index contributed by atoms with van der Waals surface area (Å²) in [5, 5.41) is 6.75. The Labute approximate surface area is 106 Å². The average molecular weight is 257 g/mol. The molecular weight excluding hydrogens is 238 g/mol. The van der Waals surface area contributed by atoms with E-state index in [1.165, 1.54) is 0 Å². The summed E-state index contributed by atoms with van der Waals surface area (Å²) in [6.45, 7) is 5.93. The van der Waals surface area contributed by atoms with Crippen molar-refractivity contribution in [2.24, 2.45) is 0 Å². The van der Waals surface area contributed by atoms with E-state index in [4.69, 9.17) is 9.47 Å². The number of carbonyl (C=O) groups is 1. The zero-order valence-electron chi connectivity index (χ0n) is 10.6. The lowest BCUT2D eigenvalue weighted by Gasteiger charge is -2.23. The largest absolute Gasteiger partial charge is 0.444 e. The number of hydrogen-bond donors (Lipinski definition) is 1. The third-order valence-electron chi connectivity index (χ3n) is 1.97. The van der Waals surface area contributed by atoms with Crippen LogP contribution in [0.3, 0.4) is 0 Å². The minimum atomic E-state index is -0.490. The van der Waals surface area contributed by atoms with Crippen LogP contribution in [0.25, 0.3) is 0 Å². The Morgan fingerprint density at radius 2 is 2.24 bits per heavy atom. The highest BCUT2D eigenvalue weighted by Crippen LogP contribution is 2.17. The molecule has 0 saturated carbocycles. The molecule has 96 valence electrons. The molecule has 1 amide bonds. The molecular formula is C12H19NO3S. The molecule has 1 unspecified atom stereocenters. The SMILES string of the molecule is COCC(NC(=O)OC(C)(C)C)c1ccsc1. The summed E-state index contributed by atoms with van der Waals surface area (Å²) in [5.74, 6) is 0. The van der Waals surface area contributed by atoms with Crippen LogP contribution in [0.4, 0.5) is 4.79 Å². The van der Waals surface area contributed by atoms with Crippen LogP contribution in [0.2, 0.25) is 0 Å². The van der Waals surface area contributed by atoms with Crippen molar-refractivity contribution in [2.75, 3.05) is 13.7 Å². The number of rotatable bonds is 4. The lowest BCUT2D eigenvalue weighted by atomic mass is 10.1. The van der Waals surface area contributed by atoms with Crippen molar-refractivity contribution < 1.29 is 14.3 Å². The molecule has 1 aromatic heterocycles. The first-order valence-electron chi connectivity index (χ1n) is 5.43. The van der Waals surface area contributed by atoms with Crippen molar-refractivity contribution in [2.45, 2.75) is 32.4 Å². The van der Waals surface area contributed by atoms with E-state index in [2.05, 4.69) is 5.32 Å². The van der Waals surface area contributed by atoms with Gasteiger partial charge in [0, 0.05) is 7.11 Å². The maximum atomic E-state index is 11.7. The van der Waals surface area contributed by atoms with E-state index in [0.717, 1.165) is 5.56 Å². The summed E-state index contributed by atoms with van der Waals surface area (Å²) in [4.78, 5) is 11.7. The van der Waals surface area contributed by atoms with Gasteiger partial charge in [0.25, 0.3) is 0 Å². The number of nitrogens with one attached hydrogen (secondary N) is 1. The van der Waals surface area contributed by atoms with Gasteiger partial charge in [0.1, 0.15) is 5.60 Å². The van der Waals surface area contributed by atoms with Crippen molar-refractivity contribution >= 4 is 17.4 Å². The fourth-order valence-electron chi connectivity index (χ4n) is 1.31. The summed E-state index contributed by atoms with van der Waals surface area (Å²) < 4.78 is 10.3. The van der Waals surface area contributed by atoms with Gasteiger partial charge in [-0.05, 0) is 43.2 Å². The number of amides is 1. The first kappa shape index (κ1) is 14.0. The molecule has 0 spiro atoms. The van der Waals surface area contributed by atoms with Gasteiger partial charge in [-0.25, -0.2) is 4.79 Å². The highest BCUT2D eigenvalue weighted by Gasteiger charge is 2.20. The molecule has 1 atom stereocenters. The molecule has 1 N–H and O–H groups in total. The zero-order valence-corrected chi connectivity index (χ0v) is 11.5. The summed E-state index contributed by atoms with van der Waals surface area (Å²) >= 11 is 1.59. The molecule has 1 heterocycles. The Bertz CT molecular complexity index is 343. The summed E-state index contributed by atoms with van der Waals surface area (Å²) in [7, 11) is 1.61. The Hall–Kier alpha value is -1.07. The van der Waals surface area contributed by atoms with Crippen LogP contribution < -0.4 is 5.32 Å². The number of ether oxygens (including phenoxy) is 2. The van der Waals surface area contributed by atoms with Gasteiger partial charge < -0.3 is 14.8 Å². The van der Waals surface area contributed by atoms with Gasteiger partial charge in [-0.1, -0.05) is 0 Å². The van der Waals surface area contributed by atoms with E-state index >= 15 is 0 Å². The molecule has 0 aliphatic carbocycles. The molecule has 0 fully saturated rings.